The molecule has 2 rings (SSSR count). The molecule has 2 heterocycles. The van der Waals surface area contributed by atoms with Crippen LogP contribution in [-0.2, 0) is 33.3 Å². The summed E-state index contributed by atoms with van der Waals surface area (Å²) in [6.45, 7) is 3.32. The maximum Gasteiger partial charge on any atom is 0.364 e. The standard InChI is InChI=1S/C53H98N2O16/c1-4-6-8-10-12-14-16-18-19-21-23-25-27-29-31-33-44(61)55-39(40(58)32-30-28-26-24-22-20-17-15-13-11-9-7-5-2)36-68-51-49(65)48(64)47(63)43(70-51)37-69-53(52(66)67)34-41(59)45(54-38(3)57)50(71-53)46(62)42(60)35-56/h30,32,39-43,45-51,56,58-60,62-65H,4-29,31,33-37H2,1-3H3,(H,54,57)(H,55,61)(H,66,67)/b32-30+/t39-,40+,41-,42+,43+,45+,46+,47+,48-,49+,50+,51+,53+/m0/s1. The monoisotopic (exact) mass is 1020 g/mol. The molecule has 0 saturated carbocycles. The number of amides is 2. The molecular formula is C53H98N2O16. The van der Waals surface area contributed by atoms with E-state index in [-0.39, 0.29) is 12.3 Å². The number of allylic oxidation sites excluding steroid dienone is 1. The van der Waals surface area contributed by atoms with Crippen LogP contribution < -0.4 is 10.6 Å². The highest BCUT2D eigenvalue weighted by Gasteiger charge is 2.57. The van der Waals surface area contributed by atoms with Crippen molar-refractivity contribution in [2.75, 3.05) is 19.8 Å². The Hall–Kier alpha value is -2.33. The van der Waals surface area contributed by atoms with Crippen molar-refractivity contribution in [3.8, 4) is 0 Å². The van der Waals surface area contributed by atoms with E-state index in [0.717, 1.165) is 51.9 Å². The molecule has 0 radical (unpaired) electrons. The Labute approximate surface area is 424 Å². The molecule has 2 aliphatic rings. The van der Waals surface area contributed by atoms with Gasteiger partial charge in [-0.15, -0.1) is 0 Å². The fourth-order valence-corrected chi connectivity index (χ4v) is 9.34. The molecule has 2 saturated heterocycles. The number of hydrogen-bond acceptors (Lipinski definition) is 15. The molecule has 0 aromatic heterocycles. The molecule has 416 valence electrons. The first-order chi connectivity index (χ1) is 34.1. The Balaban J connectivity index is 2.03. The second-order valence-corrected chi connectivity index (χ2v) is 20.2. The first-order valence-corrected chi connectivity index (χ1v) is 27.5. The van der Waals surface area contributed by atoms with Gasteiger partial charge in [-0.1, -0.05) is 180 Å². The van der Waals surface area contributed by atoms with Crippen LogP contribution in [0, 0.1) is 0 Å². The van der Waals surface area contributed by atoms with Gasteiger partial charge in [-0.2, -0.15) is 0 Å². The molecule has 11 N–H and O–H groups in total. The molecule has 0 aromatic carbocycles. The molecule has 0 aliphatic carbocycles. The van der Waals surface area contributed by atoms with Gasteiger partial charge < -0.3 is 75.5 Å². The fourth-order valence-electron chi connectivity index (χ4n) is 9.34. The minimum Gasteiger partial charge on any atom is -0.477 e. The van der Waals surface area contributed by atoms with E-state index in [2.05, 4.69) is 24.5 Å². The lowest BCUT2D eigenvalue weighted by Gasteiger charge is -2.47. The quantitative estimate of drug-likeness (QED) is 0.0272. The average Bonchev–Trinajstić information content (AvgIpc) is 3.34. The van der Waals surface area contributed by atoms with E-state index in [4.69, 9.17) is 18.9 Å². The highest BCUT2D eigenvalue weighted by atomic mass is 16.7. The largest absolute Gasteiger partial charge is 0.477 e. The van der Waals surface area contributed by atoms with Crippen LogP contribution in [0.3, 0.4) is 0 Å². The van der Waals surface area contributed by atoms with Crippen molar-refractivity contribution < 1.29 is 79.3 Å². The zero-order chi connectivity index (χ0) is 52.4. The zero-order valence-corrected chi connectivity index (χ0v) is 43.6. The first-order valence-electron chi connectivity index (χ1n) is 27.5. The predicted octanol–water partition coefficient (Wildman–Crippen LogP) is 5.34. The summed E-state index contributed by atoms with van der Waals surface area (Å²) in [6, 6.07) is -2.46. The van der Waals surface area contributed by atoms with Gasteiger partial charge in [-0.25, -0.2) is 4.79 Å². The molecule has 18 heteroatoms. The lowest BCUT2D eigenvalue weighted by atomic mass is 9.88. The van der Waals surface area contributed by atoms with Gasteiger partial charge in [-0.3, -0.25) is 9.59 Å². The maximum absolute atomic E-state index is 13.3. The third-order valence-electron chi connectivity index (χ3n) is 13.8. The summed E-state index contributed by atoms with van der Waals surface area (Å²) in [7, 11) is 0. The van der Waals surface area contributed by atoms with E-state index in [1.807, 2.05) is 6.08 Å². The van der Waals surface area contributed by atoms with Crippen LogP contribution in [0.4, 0.5) is 0 Å². The van der Waals surface area contributed by atoms with Crippen LogP contribution in [0.15, 0.2) is 12.2 Å². The first kappa shape index (κ1) is 64.8. The smallest absolute Gasteiger partial charge is 0.364 e. The van der Waals surface area contributed by atoms with E-state index in [1.165, 1.54) is 122 Å². The molecule has 71 heavy (non-hydrogen) atoms. The number of ether oxygens (including phenoxy) is 4. The van der Waals surface area contributed by atoms with Gasteiger partial charge in [0, 0.05) is 19.8 Å². The second-order valence-electron chi connectivity index (χ2n) is 20.2. The van der Waals surface area contributed by atoms with Crippen molar-refractivity contribution in [3.05, 3.63) is 12.2 Å². The minimum absolute atomic E-state index is 0.224. The molecule has 2 amide bonds. The Morgan fingerprint density at radius 3 is 1.68 bits per heavy atom. The highest BCUT2D eigenvalue weighted by molar-refractivity contribution is 5.77. The number of aliphatic hydroxyl groups is 8. The van der Waals surface area contributed by atoms with Crippen LogP contribution in [0.25, 0.3) is 0 Å². The van der Waals surface area contributed by atoms with Crippen LogP contribution in [0.2, 0.25) is 0 Å². The van der Waals surface area contributed by atoms with Gasteiger partial charge in [0.2, 0.25) is 11.8 Å². The Kier molecular flexibility index (Phi) is 34.9. The number of hydrogen-bond donors (Lipinski definition) is 11. The van der Waals surface area contributed by atoms with Gasteiger partial charge in [-0.05, 0) is 19.3 Å². The van der Waals surface area contributed by atoms with Crippen LogP contribution in [0.1, 0.15) is 207 Å². The Morgan fingerprint density at radius 1 is 0.704 bits per heavy atom. The zero-order valence-electron chi connectivity index (χ0n) is 43.6. The molecule has 13 atom stereocenters. The van der Waals surface area contributed by atoms with Crippen molar-refractivity contribution in [2.24, 2.45) is 0 Å². The molecule has 2 fully saturated rings. The van der Waals surface area contributed by atoms with Gasteiger partial charge in [0.15, 0.2) is 6.29 Å². The summed E-state index contributed by atoms with van der Waals surface area (Å²) < 4.78 is 23.0. The van der Waals surface area contributed by atoms with Gasteiger partial charge in [0.25, 0.3) is 5.79 Å². The van der Waals surface area contributed by atoms with Gasteiger partial charge in [0.1, 0.15) is 42.7 Å². The maximum atomic E-state index is 13.3. The van der Waals surface area contributed by atoms with Crippen molar-refractivity contribution in [2.45, 2.75) is 286 Å². The molecular weight excluding hydrogens is 921 g/mol. The molecule has 2 aliphatic heterocycles. The lowest BCUT2D eigenvalue weighted by molar-refractivity contribution is -0.339. The van der Waals surface area contributed by atoms with Crippen molar-refractivity contribution in [1.29, 1.82) is 0 Å². The lowest BCUT2D eigenvalue weighted by Crippen LogP contribution is -2.68. The third-order valence-corrected chi connectivity index (χ3v) is 13.8. The van der Waals surface area contributed by atoms with E-state index in [0.29, 0.717) is 6.42 Å². The van der Waals surface area contributed by atoms with Crippen molar-refractivity contribution in [3.63, 3.8) is 0 Å². The average molecular weight is 1020 g/mol. The molecule has 0 aromatic rings. The van der Waals surface area contributed by atoms with Crippen LogP contribution in [-0.4, -0.2) is 163 Å². The number of carbonyl (C=O) groups excluding carboxylic acids is 2. The second kappa shape index (κ2) is 38.3. The number of carboxylic acids is 1. The highest BCUT2D eigenvalue weighted by Crippen LogP contribution is 2.35. The number of nitrogens with one attached hydrogen (secondary N) is 2. The van der Waals surface area contributed by atoms with Crippen molar-refractivity contribution in [1.82, 2.24) is 10.6 Å². The summed E-state index contributed by atoms with van der Waals surface area (Å²) in [5, 5.41) is 101. The van der Waals surface area contributed by atoms with Crippen molar-refractivity contribution >= 4 is 17.8 Å². The Morgan fingerprint density at radius 2 is 1.20 bits per heavy atom. The van der Waals surface area contributed by atoms with Crippen LogP contribution in [0.5, 0.6) is 0 Å². The van der Waals surface area contributed by atoms with Gasteiger partial charge in [0.05, 0.1) is 44.1 Å². The summed E-state index contributed by atoms with van der Waals surface area (Å²) in [6.07, 6.45) is 17.2. The van der Waals surface area contributed by atoms with E-state index in [1.54, 1.807) is 6.08 Å². The summed E-state index contributed by atoms with van der Waals surface area (Å²) in [4.78, 5) is 37.9. The van der Waals surface area contributed by atoms with E-state index >= 15 is 0 Å². The molecule has 0 unspecified atom stereocenters. The Bertz CT molecular complexity index is 1430. The fraction of sp³-hybridized carbons (Fsp3) is 0.906. The van der Waals surface area contributed by atoms with E-state index < -0.39 is 117 Å². The van der Waals surface area contributed by atoms with Crippen LogP contribution >= 0.6 is 0 Å². The molecule has 0 bridgehead atoms. The predicted molar refractivity (Wildman–Crippen MR) is 269 cm³/mol. The number of rotatable bonds is 42. The van der Waals surface area contributed by atoms with Gasteiger partial charge >= 0.3 is 5.97 Å². The number of carbonyl (C=O) groups is 3. The third kappa shape index (κ3) is 25.6. The summed E-state index contributed by atoms with van der Waals surface area (Å²) >= 11 is 0. The van der Waals surface area contributed by atoms with E-state index in [9.17, 15) is 60.3 Å². The number of carboxylic acid groups (broad SMARTS) is 1. The summed E-state index contributed by atoms with van der Waals surface area (Å²) in [5.74, 6) is -5.57. The topological polar surface area (TPSA) is 294 Å². The molecule has 18 nitrogen and oxygen atoms in total. The number of aliphatic carboxylic acids is 1. The number of aliphatic hydroxyl groups excluding tert-OH is 8. The number of unbranched alkanes of at least 4 members (excludes halogenated alkanes) is 25. The minimum atomic E-state index is -2.78. The molecule has 0 spiro atoms. The normalized spacial score (nSPS) is 26.5. The SMILES string of the molecule is CCCCCCCCCCCCC/C=C/[C@@H](O)[C@H](CO[C@@H]1O[C@H](CO[C@]2(C(=O)O)C[C@H](O)[C@@H](NC(C)=O)[C@H]([C@H](O)[C@H](O)CO)O2)[C@@H](O)[C@H](O)[C@H]1O)NC(=O)CCCCCCCCCCCCCCCCC. The summed E-state index contributed by atoms with van der Waals surface area (Å²) in [5.41, 5.74) is 0.